The fourth-order valence-corrected chi connectivity index (χ4v) is 1.86. The van der Waals surface area contributed by atoms with E-state index in [9.17, 15) is 22.8 Å². The molecule has 8 heteroatoms. The van der Waals surface area contributed by atoms with E-state index in [1.807, 2.05) is 0 Å². The van der Waals surface area contributed by atoms with Crippen LogP contribution in [0.15, 0.2) is 48.5 Å². The van der Waals surface area contributed by atoms with Gasteiger partial charge in [-0.3, -0.25) is 9.59 Å². The van der Waals surface area contributed by atoms with Crippen LogP contribution in [0.3, 0.4) is 0 Å². The highest BCUT2D eigenvalue weighted by Crippen LogP contribution is 2.20. The number of anilines is 2. The van der Waals surface area contributed by atoms with Crippen molar-refractivity contribution >= 4 is 34.8 Å². The van der Waals surface area contributed by atoms with Gasteiger partial charge in [-0.2, -0.15) is 13.2 Å². The first-order chi connectivity index (χ1) is 10.8. The Morgan fingerprint density at radius 3 is 2.00 bits per heavy atom. The van der Waals surface area contributed by atoms with E-state index in [0.29, 0.717) is 16.3 Å². The normalized spacial score (nSPS) is 11.0. The minimum absolute atomic E-state index is 0.0342. The molecule has 2 amide bonds. The molecule has 0 saturated heterocycles. The maximum absolute atomic E-state index is 12.1. The van der Waals surface area contributed by atoms with Crippen LogP contribution in [0.2, 0.25) is 5.02 Å². The van der Waals surface area contributed by atoms with Gasteiger partial charge in [-0.1, -0.05) is 17.7 Å². The summed E-state index contributed by atoms with van der Waals surface area (Å²) in [4.78, 5) is 22.8. The molecule has 2 N–H and O–H groups in total. The van der Waals surface area contributed by atoms with Gasteiger partial charge in [-0.15, -0.1) is 0 Å². The average Bonchev–Trinajstić information content (AvgIpc) is 2.48. The number of amides is 2. The first-order valence-corrected chi connectivity index (χ1v) is 6.68. The summed E-state index contributed by atoms with van der Waals surface area (Å²) < 4.78 is 36.4. The van der Waals surface area contributed by atoms with E-state index < -0.39 is 18.0 Å². The molecule has 0 aliphatic rings. The van der Waals surface area contributed by atoms with E-state index >= 15 is 0 Å². The topological polar surface area (TPSA) is 58.2 Å². The standard InChI is InChI=1S/C15H10ClF3N2O2/c16-10-3-1-2-9(8-10)13(22)20-11-4-6-12(7-5-11)21-14(23)15(17,18)19/h1-8H,(H,20,22)(H,21,23). The summed E-state index contributed by atoms with van der Waals surface area (Å²) in [5, 5.41) is 4.68. The highest BCUT2D eigenvalue weighted by atomic mass is 35.5. The van der Waals surface area contributed by atoms with Crippen molar-refractivity contribution in [3.05, 3.63) is 59.1 Å². The summed E-state index contributed by atoms with van der Waals surface area (Å²) in [6.07, 6.45) is -4.96. The van der Waals surface area contributed by atoms with Crippen molar-refractivity contribution in [3.63, 3.8) is 0 Å². The van der Waals surface area contributed by atoms with Gasteiger partial charge in [0.2, 0.25) is 0 Å². The zero-order valence-corrected chi connectivity index (χ0v) is 12.2. The number of carbonyl (C=O) groups excluding carboxylic acids is 2. The van der Waals surface area contributed by atoms with Crippen LogP contribution in [0.25, 0.3) is 0 Å². The van der Waals surface area contributed by atoms with Crippen molar-refractivity contribution in [2.24, 2.45) is 0 Å². The molecule has 0 radical (unpaired) electrons. The molecule has 0 aliphatic heterocycles. The van der Waals surface area contributed by atoms with Crippen molar-refractivity contribution in [2.45, 2.75) is 6.18 Å². The van der Waals surface area contributed by atoms with E-state index in [1.165, 1.54) is 30.3 Å². The van der Waals surface area contributed by atoms with Gasteiger partial charge in [-0.25, -0.2) is 0 Å². The third-order valence-corrected chi connectivity index (χ3v) is 2.98. The molecule has 0 saturated carbocycles. The molecule has 0 bridgehead atoms. The van der Waals surface area contributed by atoms with Crippen LogP contribution in [-0.2, 0) is 4.79 Å². The third kappa shape index (κ3) is 4.72. The number of hydrogen-bond donors (Lipinski definition) is 2. The molecule has 2 rings (SSSR count). The Hall–Kier alpha value is -2.54. The molecule has 120 valence electrons. The summed E-state index contributed by atoms with van der Waals surface area (Å²) in [7, 11) is 0. The highest BCUT2D eigenvalue weighted by molar-refractivity contribution is 6.31. The Bertz CT molecular complexity index is 730. The van der Waals surface area contributed by atoms with Crippen molar-refractivity contribution in [1.82, 2.24) is 0 Å². The molecule has 0 atom stereocenters. The molecular weight excluding hydrogens is 333 g/mol. The van der Waals surface area contributed by atoms with Gasteiger partial charge >= 0.3 is 12.1 Å². The van der Waals surface area contributed by atoms with Crippen molar-refractivity contribution in [3.8, 4) is 0 Å². The largest absolute Gasteiger partial charge is 0.471 e. The maximum atomic E-state index is 12.1. The first kappa shape index (κ1) is 16.8. The SMILES string of the molecule is O=C(Nc1ccc(NC(=O)C(F)(F)F)cc1)c1cccc(Cl)c1. The lowest BCUT2D eigenvalue weighted by molar-refractivity contribution is -0.167. The number of nitrogens with one attached hydrogen (secondary N) is 2. The van der Waals surface area contributed by atoms with Crippen molar-refractivity contribution < 1.29 is 22.8 Å². The van der Waals surface area contributed by atoms with Gasteiger partial charge in [0.1, 0.15) is 0 Å². The highest BCUT2D eigenvalue weighted by Gasteiger charge is 2.38. The number of rotatable bonds is 3. The second-order valence-corrected chi connectivity index (χ2v) is 4.93. The van der Waals surface area contributed by atoms with Gasteiger partial charge in [0.25, 0.3) is 5.91 Å². The molecule has 23 heavy (non-hydrogen) atoms. The van der Waals surface area contributed by atoms with Crippen LogP contribution in [-0.4, -0.2) is 18.0 Å². The second kappa shape index (κ2) is 6.70. The molecule has 0 aromatic heterocycles. The summed E-state index contributed by atoms with van der Waals surface area (Å²) >= 11 is 5.79. The Balaban J connectivity index is 2.03. The molecule has 0 spiro atoms. The van der Waals surface area contributed by atoms with Crippen molar-refractivity contribution in [2.75, 3.05) is 10.6 Å². The van der Waals surface area contributed by atoms with Gasteiger partial charge in [-0.05, 0) is 42.5 Å². The van der Waals surface area contributed by atoms with E-state index in [4.69, 9.17) is 11.6 Å². The van der Waals surface area contributed by atoms with Crippen LogP contribution in [0.5, 0.6) is 0 Å². The minimum Gasteiger partial charge on any atom is -0.322 e. The van der Waals surface area contributed by atoms with E-state index in [-0.39, 0.29) is 5.69 Å². The van der Waals surface area contributed by atoms with Crippen LogP contribution in [0.4, 0.5) is 24.5 Å². The Morgan fingerprint density at radius 2 is 1.48 bits per heavy atom. The van der Waals surface area contributed by atoms with Gasteiger partial charge in [0, 0.05) is 22.0 Å². The number of benzene rings is 2. The number of alkyl halides is 3. The van der Waals surface area contributed by atoms with E-state index in [2.05, 4.69) is 5.32 Å². The van der Waals surface area contributed by atoms with E-state index in [0.717, 1.165) is 0 Å². The molecule has 4 nitrogen and oxygen atoms in total. The number of hydrogen-bond acceptors (Lipinski definition) is 2. The fourth-order valence-electron chi connectivity index (χ4n) is 1.67. The Kier molecular flexibility index (Phi) is 4.90. The van der Waals surface area contributed by atoms with Gasteiger partial charge < -0.3 is 10.6 Å². The summed E-state index contributed by atoms with van der Waals surface area (Å²) in [6, 6.07) is 11.5. The predicted octanol–water partition coefficient (Wildman–Crippen LogP) is 4.09. The summed E-state index contributed by atoms with van der Waals surface area (Å²) in [6.45, 7) is 0. The van der Waals surface area contributed by atoms with Gasteiger partial charge in [0.15, 0.2) is 0 Å². The zero-order valence-electron chi connectivity index (χ0n) is 11.4. The molecule has 0 fully saturated rings. The monoisotopic (exact) mass is 342 g/mol. The maximum Gasteiger partial charge on any atom is 0.471 e. The predicted molar refractivity (Wildman–Crippen MR) is 80.5 cm³/mol. The Labute approximate surface area is 134 Å². The Morgan fingerprint density at radius 1 is 0.913 bits per heavy atom. The van der Waals surface area contributed by atoms with Gasteiger partial charge in [0.05, 0.1) is 0 Å². The third-order valence-electron chi connectivity index (χ3n) is 2.74. The number of halogens is 4. The minimum atomic E-state index is -4.96. The lowest BCUT2D eigenvalue weighted by Gasteiger charge is -2.09. The quantitative estimate of drug-likeness (QED) is 0.882. The van der Waals surface area contributed by atoms with E-state index in [1.54, 1.807) is 23.5 Å². The molecule has 2 aromatic carbocycles. The molecule has 2 aromatic rings. The lowest BCUT2D eigenvalue weighted by atomic mass is 10.2. The summed E-state index contributed by atoms with van der Waals surface area (Å²) in [5.41, 5.74) is 0.667. The smallest absolute Gasteiger partial charge is 0.322 e. The molecule has 0 unspecified atom stereocenters. The van der Waals surface area contributed by atoms with Crippen LogP contribution in [0, 0.1) is 0 Å². The van der Waals surface area contributed by atoms with Crippen LogP contribution < -0.4 is 10.6 Å². The molecular formula is C15H10ClF3N2O2. The zero-order chi connectivity index (χ0) is 17.0. The second-order valence-electron chi connectivity index (χ2n) is 4.49. The number of carbonyl (C=O) groups is 2. The fraction of sp³-hybridized carbons (Fsp3) is 0.0667. The summed E-state index contributed by atoms with van der Waals surface area (Å²) in [5.74, 6) is -2.48. The first-order valence-electron chi connectivity index (χ1n) is 6.31. The van der Waals surface area contributed by atoms with Crippen LogP contribution in [0.1, 0.15) is 10.4 Å². The van der Waals surface area contributed by atoms with Crippen LogP contribution >= 0.6 is 11.6 Å². The molecule has 0 heterocycles. The van der Waals surface area contributed by atoms with Crippen molar-refractivity contribution in [1.29, 1.82) is 0 Å². The lowest BCUT2D eigenvalue weighted by Crippen LogP contribution is -2.29. The average molecular weight is 343 g/mol. The molecule has 0 aliphatic carbocycles.